The summed E-state index contributed by atoms with van der Waals surface area (Å²) in [6.07, 6.45) is 2.13. The van der Waals surface area contributed by atoms with Crippen molar-refractivity contribution in [1.29, 1.82) is 0 Å². The van der Waals surface area contributed by atoms with Crippen LogP contribution in [0.1, 0.15) is 11.1 Å². The van der Waals surface area contributed by atoms with Crippen LogP contribution in [0, 0.1) is 13.8 Å². The van der Waals surface area contributed by atoms with E-state index in [1.165, 1.54) is 38.2 Å². The van der Waals surface area contributed by atoms with Gasteiger partial charge in [0.25, 0.3) is 0 Å². The number of fused-ring (bicyclic) bond motifs is 3. The zero-order chi connectivity index (χ0) is 16.2. The summed E-state index contributed by atoms with van der Waals surface area (Å²) in [6, 6.07) is 17.8. The van der Waals surface area contributed by atoms with Gasteiger partial charge in [-0.05, 0) is 53.5 Å². The van der Waals surface area contributed by atoms with E-state index in [0.29, 0.717) is 0 Å². The monoisotopic (exact) mass is 315 g/mol. The minimum Gasteiger partial charge on any atom is -0.256 e. The van der Waals surface area contributed by atoms with Crippen LogP contribution < -0.4 is 10.4 Å². The zero-order valence-corrected chi connectivity index (χ0v) is 15.1. The lowest BCUT2D eigenvalue weighted by atomic mass is 10.0. The Morgan fingerprint density at radius 2 is 1.48 bits per heavy atom. The molecule has 1 aromatic heterocycles. The summed E-state index contributed by atoms with van der Waals surface area (Å²) < 4.78 is 0. The molecule has 0 fully saturated rings. The number of rotatable bonds is 1. The van der Waals surface area contributed by atoms with Gasteiger partial charge in [-0.1, -0.05) is 54.6 Å². The first kappa shape index (κ1) is 14.4. The third-order valence-electron chi connectivity index (χ3n) is 4.99. The van der Waals surface area contributed by atoms with Crippen LogP contribution in [0.2, 0.25) is 13.1 Å². The van der Waals surface area contributed by atoms with E-state index in [1.807, 2.05) is 0 Å². The average molecular weight is 315 g/mol. The van der Waals surface area contributed by atoms with E-state index >= 15 is 0 Å². The summed E-state index contributed by atoms with van der Waals surface area (Å²) >= 11 is 0. The minimum atomic E-state index is -1.59. The van der Waals surface area contributed by atoms with Crippen LogP contribution in [-0.4, -0.2) is 13.1 Å². The van der Waals surface area contributed by atoms with E-state index in [2.05, 4.69) is 81.7 Å². The van der Waals surface area contributed by atoms with Crippen LogP contribution in [0.25, 0.3) is 22.4 Å². The van der Waals surface area contributed by atoms with Gasteiger partial charge < -0.3 is 0 Å². The first-order chi connectivity index (χ1) is 11.0. The molecule has 1 aliphatic rings. The zero-order valence-electron chi connectivity index (χ0n) is 14.1. The first-order valence-electron chi connectivity index (χ1n) is 8.16. The lowest BCUT2D eigenvalue weighted by Gasteiger charge is -2.18. The highest BCUT2D eigenvalue weighted by molar-refractivity contribution is 7.03. The maximum absolute atomic E-state index is 4.82. The number of hydrogen-bond donors (Lipinski definition) is 0. The van der Waals surface area contributed by atoms with Gasteiger partial charge in [0, 0.05) is 11.8 Å². The summed E-state index contributed by atoms with van der Waals surface area (Å²) in [7, 11) is -1.59. The average Bonchev–Trinajstić information content (AvgIpc) is 2.75. The maximum Gasteiger partial charge on any atom is 0.115 e. The van der Waals surface area contributed by atoms with Gasteiger partial charge >= 0.3 is 0 Å². The highest BCUT2D eigenvalue weighted by atomic mass is 28.3. The van der Waals surface area contributed by atoms with Crippen molar-refractivity contribution in [2.45, 2.75) is 26.9 Å². The SMILES string of the molecule is Cc1cc(C)cc(-c2cc3c(cn2)[Si](C)(C)c2ccccc2-3)c1. The third kappa shape index (κ3) is 2.17. The standard InChI is InChI=1S/C21H21NSi/c1-14-9-15(2)11-16(10-14)19-12-18-17-7-5-6-8-20(17)23(3,4)21(18)13-22-19/h5-13H,1-4H3. The number of benzene rings is 2. The van der Waals surface area contributed by atoms with Crippen molar-refractivity contribution in [1.82, 2.24) is 4.98 Å². The number of nitrogens with zero attached hydrogens (tertiary/aromatic N) is 1. The summed E-state index contributed by atoms with van der Waals surface area (Å²) in [5, 5.41) is 3.00. The van der Waals surface area contributed by atoms with E-state index in [0.717, 1.165) is 5.69 Å². The Labute approximate surface area is 139 Å². The Morgan fingerprint density at radius 1 is 0.783 bits per heavy atom. The molecule has 2 heteroatoms. The van der Waals surface area contributed by atoms with Crippen molar-refractivity contribution in [3.63, 3.8) is 0 Å². The number of aryl methyl sites for hydroxylation is 2. The van der Waals surface area contributed by atoms with Gasteiger partial charge in [0.15, 0.2) is 0 Å². The molecular formula is C21H21NSi. The van der Waals surface area contributed by atoms with Crippen molar-refractivity contribution in [3.8, 4) is 22.4 Å². The maximum atomic E-state index is 4.82. The fourth-order valence-corrected chi connectivity index (χ4v) is 6.83. The summed E-state index contributed by atoms with van der Waals surface area (Å²) in [5.74, 6) is 0. The second-order valence-corrected chi connectivity index (χ2v) is 11.5. The molecule has 1 aliphatic heterocycles. The molecule has 0 bridgehead atoms. The molecule has 0 radical (unpaired) electrons. The number of pyridine rings is 1. The van der Waals surface area contributed by atoms with Gasteiger partial charge in [-0.2, -0.15) is 0 Å². The molecule has 0 saturated heterocycles. The molecule has 2 aromatic carbocycles. The largest absolute Gasteiger partial charge is 0.256 e. The molecule has 0 N–H and O–H groups in total. The van der Waals surface area contributed by atoms with Crippen LogP contribution in [-0.2, 0) is 0 Å². The normalized spacial score (nSPS) is 14.4. The van der Waals surface area contributed by atoms with E-state index in [4.69, 9.17) is 4.98 Å². The van der Waals surface area contributed by atoms with Gasteiger partial charge in [-0.3, -0.25) is 4.98 Å². The molecule has 4 rings (SSSR count). The molecule has 0 aliphatic carbocycles. The Morgan fingerprint density at radius 3 is 2.22 bits per heavy atom. The van der Waals surface area contributed by atoms with E-state index in [1.54, 1.807) is 0 Å². The molecule has 0 spiro atoms. The van der Waals surface area contributed by atoms with Crippen LogP contribution in [0.5, 0.6) is 0 Å². The van der Waals surface area contributed by atoms with Gasteiger partial charge in [0.05, 0.1) is 5.69 Å². The summed E-state index contributed by atoms with van der Waals surface area (Å²) in [6.45, 7) is 9.15. The third-order valence-corrected chi connectivity index (χ3v) is 8.51. The molecule has 0 saturated carbocycles. The molecule has 114 valence electrons. The Hall–Kier alpha value is -2.19. The van der Waals surface area contributed by atoms with Crippen molar-refractivity contribution in [2.24, 2.45) is 0 Å². The van der Waals surface area contributed by atoms with Crippen molar-refractivity contribution < 1.29 is 0 Å². The lowest BCUT2D eigenvalue weighted by Crippen LogP contribution is -2.49. The summed E-state index contributed by atoms with van der Waals surface area (Å²) in [5.41, 5.74) is 7.68. The predicted molar refractivity (Wildman–Crippen MR) is 101 cm³/mol. The first-order valence-corrected chi connectivity index (χ1v) is 11.2. The molecule has 3 aromatic rings. The van der Waals surface area contributed by atoms with Gasteiger partial charge in [0.2, 0.25) is 0 Å². The Bertz CT molecular complexity index is 905. The predicted octanol–water partition coefficient (Wildman–Crippen LogP) is 4.17. The summed E-state index contributed by atoms with van der Waals surface area (Å²) in [4.78, 5) is 4.82. The van der Waals surface area contributed by atoms with Crippen LogP contribution in [0.3, 0.4) is 0 Å². The van der Waals surface area contributed by atoms with E-state index in [9.17, 15) is 0 Å². The number of hydrogen-bond acceptors (Lipinski definition) is 1. The van der Waals surface area contributed by atoms with Crippen LogP contribution in [0.15, 0.2) is 54.7 Å². The second-order valence-electron chi connectivity index (χ2n) is 7.16. The molecule has 2 heterocycles. The van der Waals surface area contributed by atoms with Crippen LogP contribution in [0.4, 0.5) is 0 Å². The fraction of sp³-hybridized carbons (Fsp3) is 0.190. The Balaban J connectivity index is 1.94. The van der Waals surface area contributed by atoms with Crippen molar-refractivity contribution >= 4 is 18.4 Å². The fourth-order valence-electron chi connectivity index (χ4n) is 3.86. The lowest BCUT2D eigenvalue weighted by molar-refractivity contribution is 1.31. The smallest absolute Gasteiger partial charge is 0.115 e. The van der Waals surface area contributed by atoms with Crippen molar-refractivity contribution in [2.75, 3.05) is 0 Å². The van der Waals surface area contributed by atoms with E-state index < -0.39 is 8.07 Å². The Kier molecular flexibility index (Phi) is 3.07. The number of aromatic nitrogens is 1. The van der Waals surface area contributed by atoms with Crippen molar-refractivity contribution in [3.05, 3.63) is 65.9 Å². The van der Waals surface area contributed by atoms with E-state index in [-0.39, 0.29) is 0 Å². The quantitative estimate of drug-likeness (QED) is 0.614. The minimum absolute atomic E-state index is 1.08. The molecule has 0 amide bonds. The van der Waals surface area contributed by atoms with Crippen LogP contribution >= 0.6 is 0 Å². The van der Waals surface area contributed by atoms with Gasteiger partial charge in [-0.25, -0.2) is 0 Å². The second kappa shape index (κ2) is 4.90. The highest BCUT2D eigenvalue weighted by Gasteiger charge is 2.37. The topological polar surface area (TPSA) is 12.9 Å². The molecule has 0 atom stereocenters. The highest BCUT2D eigenvalue weighted by Crippen LogP contribution is 2.31. The van der Waals surface area contributed by atoms with Gasteiger partial charge in [0.1, 0.15) is 8.07 Å². The molecule has 23 heavy (non-hydrogen) atoms. The van der Waals surface area contributed by atoms with Gasteiger partial charge in [-0.15, -0.1) is 0 Å². The molecule has 0 unspecified atom stereocenters. The molecule has 1 nitrogen and oxygen atoms in total. The molecular weight excluding hydrogens is 294 g/mol.